The summed E-state index contributed by atoms with van der Waals surface area (Å²) in [7, 11) is 0. The zero-order chi connectivity index (χ0) is 22.2. The molecule has 1 saturated heterocycles. The molecule has 0 N–H and O–H groups in total. The van der Waals surface area contributed by atoms with Gasteiger partial charge in [0.15, 0.2) is 5.79 Å². The number of rotatable bonds is 6. The first kappa shape index (κ1) is 21.8. The number of hydrogen-bond donors (Lipinski definition) is 0. The van der Waals surface area contributed by atoms with Crippen LogP contribution in [0.3, 0.4) is 0 Å². The van der Waals surface area contributed by atoms with Crippen LogP contribution in [0, 0.1) is 5.92 Å². The van der Waals surface area contributed by atoms with Crippen molar-refractivity contribution in [2.75, 3.05) is 13.2 Å². The zero-order valence-corrected chi connectivity index (χ0v) is 19.6. The van der Waals surface area contributed by atoms with Gasteiger partial charge >= 0.3 is 0 Å². The summed E-state index contributed by atoms with van der Waals surface area (Å²) in [6.45, 7) is 8.02. The topological polar surface area (TPSA) is 36.9 Å². The summed E-state index contributed by atoms with van der Waals surface area (Å²) in [5.74, 6) is 2.31. The Labute approximate surface area is 192 Å². The highest BCUT2D eigenvalue weighted by molar-refractivity contribution is 5.46. The lowest BCUT2D eigenvalue weighted by Crippen LogP contribution is -2.50. The molecule has 4 nitrogen and oxygen atoms in total. The first-order valence-electron chi connectivity index (χ1n) is 12.3. The first-order chi connectivity index (χ1) is 15.4. The lowest BCUT2D eigenvalue weighted by molar-refractivity contribution is -0.198. The normalized spacial score (nSPS) is 26.1. The van der Waals surface area contributed by atoms with Crippen molar-refractivity contribution in [2.45, 2.75) is 82.7 Å². The average molecular weight is 437 g/mol. The minimum Gasteiger partial charge on any atom is -0.491 e. The van der Waals surface area contributed by atoms with E-state index in [1.165, 1.54) is 11.1 Å². The molecular weight excluding hydrogens is 400 g/mol. The third kappa shape index (κ3) is 4.40. The predicted molar refractivity (Wildman–Crippen MR) is 125 cm³/mol. The van der Waals surface area contributed by atoms with E-state index in [1.54, 1.807) is 0 Å². The van der Waals surface area contributed by atoms with Crippen molar-refractivity contribution in [3.63, 3.8) is 0 Å². The van der Waals surface area contributed by atoms with Gasteiger partial charge in [-0.2, -0.15) is 0 Å². The molecule has 0 aromatic heterocycles. The minimum atomic E-state index is -0.395. The van der Waals surface area contributed by atoms with Crippen molar-refractivity contribution in [3.8, 4) is 11.5 Å². The van der Waals surface area contributed by atoms with Gasteiger partial charge in [0.1, 0.15) is 17.1 Å². The summed E-state index contributed by atoms with van der Waals surface area (Å²) in [5, 5.41) is 0. The van der Waals surface area contributed by atoms with E-state index in [1.807, 2.05) is 0 Å². The maximum atomic E-state index is 6.54. The molecular formula is C28H36O4. The molecule has 4 heteroatoms. The second-order valence-corrected chi connectivity index (χ2v) is 10.3. The van der Waals surface area contributed by atoms with Crippen molar-refractivity contribution >= 4 is 0 Å². The zero-order valence-electron chi connectivity index (χ0n) is 19.6. The van der Waals surface area contributed by atoms with Crippen LogP contribution in [0.15, 0.2) is 48.5 Å². The number of ether oxygens (including phenoxy) is 4. The Kier molecular flexibility index (Phi) is 5.94. The molecule has 3 atom stereocenters. The molecule has 172 valence electrons. The lowest BCUT2D eigenvalue weighted by Gasteiger charge is -2.50. The van der Waals surface area contributed by atoms with E-state index in [-0.39, 0.29) is 11.7 Å². The van der Waals surface area contributed by atoms with Crippen molar-refractivity contribution in [3.05, 3.63) is 59.7 Å². The van der Waals surface area contributed by atoms with Gasteiger partial charge in [0.05, 0.1) is 19.3 Å². The van der Waals surface area contributed by atoms with Gasteiger partial charge in [0, 0.05) is 24.8 Å². The van der Waals surface area contributed by atoms with Crippen LogP contribution in [0.4, 0.5) is 0 Å². The molecule has 3 aliphatic rings. The van der Waals surface area contributed by atoms with E-state index in [0.717, 1.165) is 50.0 Å². The second kappa shape index (κ2) is 8.72. The van der Waals surface area contributed by atoms with Crippen LogP contribution in [0.5, 0.6) is 11.5 Å². The fraction of sp³-hybridized carbons (Fsp3) is 0.571. The van der Waals surface area contributed by atoms with Crippen LogP contribution in [0.25, 0.3) is 0 Å². The van der Waals surface area contributed by atoms with Crippen LogP contribution in [0.2, 0.25) is 0 Å². The summed E-state index contributed by atoms with van der Waals surface area (Å²) in [6, 6.07) is 17.1. The average Bonchev–Trinajstić information content (AvgIpc) is 3.21. The molecule has 32 heavy (non-hydrogen) atoms. The van der Waals surface area contributed by atoms with Gasteiger partial charge in [-0.3, -0.25) is 0 Å². The van der Waals surface area contributed by atoms with Gasteiger partial charge in [-0.1, -0.05) is 36.4 Å². The van der Waals surface area contributed by atoms with E-state index in [4.69, 9.17) is 18.9 Å². The number of aryl methyl sites for hydroxylation is 1. The molecule has 2 aliphatic heterocycles. The highest BCUT2D eigenvalue weighted by Gasteiger charge is 2.53. The largest absolute Gasteiger partial charge is 0.491 e. The van der Waals surface area contributed by atoms with Gasteiger partial charge in [0.25, 0.3) is 0 Å². The van der Waals surface area contributed by atoms with Gasteiger partial charge in [-0.15, -0.1) is 0 Å². The highest BCUT2D eigenvalue weighted by atomic mass is 16.7. The van der Waals surface area contributed by atoms with Crippen molar-refractivity contribution in [1.29, 1.82) is 0 Å². The predicted octanol–water partition coefficient (Wildman–Crippen LogP) is 6.27. The summed E-state index contributed by atoms with van der Waals surface area (Å²) in [4.78, 5) is 0. The molecule has 1 saturated carbocycles. The van der Waals surface area contributed by atoms with Crippen LogP contribution in [-0.4, -0.2) is 30.7 Å². The molecule has 0 amide bonds. The number of fused-ring (bicyclic) bond motifs is 3. The second-order valence-electron chi connectivity index (χ2n) is 10.3. The van der Waals surface area contributed by atoms with Crippen LogP contribution in [-0.2, 0) is 15.9 Å². The van der Waals surface area contributed by atoms with E-state index in [2.05, 4.69) is 69.3 Å². The Morgan fingerprint density at radius 3 is 2.62 bits per heavy atom. The summed E-state index contributed by atoms with van der Waals surface area (Å²) >= 11 is 0. The molecule has 1 unspecified atom stereocenters. The molecule has 0 radical (unpaired) electrons. The molecule has 2 aromatic carbocycles. The maximum Gasteiger partial charge on any atom is 0.169 e. The molecule has 2 aromatic rings. The lowest BCUT2D eigenvalue weighted by atomic mass is 9.65. The maximum absolute atomic E-state index is 6.54. The van der Waals surface area contributed by atoms with Gasteiger partial charge in [-0.25, -0.2) is 0 Å². The molecule has 2 heterocycles. The van der Waals surface area contributed by atoms with Gasteiger partial charge < -0.3 is 18.9 Å². The molecule has 5 rings (SSSR count). The van der Waals surface area contributed by atoms with Crippen molar-refractivity contribution < 1.29 is 18.9 Å². The third-order valence-corrected chi connectivity index (χ3v) is 7.57. The van der Waals surface area contributed by atoms with E-state index < -0.39 is 5.79 Å². The monoisotopic (exact) mass is 436 g/mol. The standard InChI is InChI=1S/C28H36O4/c1-20(8-7-11-21-9-5-4-6-10-21)31-22-12-13-23-24-19-28(29-16-17-30-28)15-14-25(24)27(2,3)32-26(23)18-22/h4-6,9-10,12-13,18,20,24-25H,7-8,11,14-17,19H2,1-3H3/t20?,24-,25+/m0/s1. The quantitative estimate of drug-likeness (QED) is 0.534. The Morgan fingerprint density at radius 2 is 1.84 bits per heavy atom. The Hall–Kier alpha value is -2.04. The van der Waals surface area contributed by atoms with E-state index in [0.29, 0.717) is 25.0 Å². The van der Waals surface area contributed by atoms with Crippen LogP contribution < -0.4 is 9.47 Å². The summed E-state index contributed by atoms with van der Waals surface area (Å²) in [5.41, 5.74) is 2.45. The van der Waals surface area contributed by atoms with Crippen LogP contribution >= 0.6 is 0 Å². The highest BCUT2D eigenvalue weighted by Crippen LogP contribution is 2.55. The van der Waals surface area contributed by atoms with Crippen LogP contribution in [0.1, 0.15) is 69.9 Å². The van der Waals surface area contributed by atoms with Crippen molar-refractivity contribution in [2.24, 2.45) is 5.92 Å². The minimum absolute atomic E-state index is 0.166. The third-order valence-electron chi connectivity index (χ3n) is 7.57. The molecule has 0 bridgehead atoms. The first-order valence-corrected chi connectivity index (χ1v) is 12.3. The fourth-order valence-corrected chi connectivity index (χ4v) is 5.95. The van der Waals surface area contributed by atoms with Crippen molar-refractivity contribution in [1.82, 2.24) is 0 Å². The van der Waals surface area contributed by atoms with Gasteiger partial charge in [-0.05, 0) is 69.6 Å². The molecule has 2 fully saturated rings. The fourth-order valence-electron chi connectivity index (χ4n) is 5.95. The van der Waals surface area contributed by atoms with Gasteiger partial charge in [0.2, 0.25) is 0 Å². The molecule has 1 spiro atoms. The number of benzene rings is 2. The Bertz CT molecular complexity index is 916. The Balaban J connectivity index is 1.26. The smallest absolute Gasteiger partial charge is 0.169 e. The van der Waals surface area contributed by atoms with E-state index >= 15 is 0 Å². The molecule has 1 aliphatic carbocycles. The summed E-state index contributed by atoms with van der Waals surface area (Å²) < 4.78 is 25.0. The summed E-state index contributed by atoms with van der Waals surface area (Å²) in [6.07, 6.45) is 6.33. The SMILES string of the molecule is CC(CCCc1ccccc1)Oc1ccc2c(c1)OC(C)(C)[C@@H]1CCC3(C[C@@H]21)OCCO3. The number of hydrogen-bond acceptors (Lipinski definition) is 4. The van der Waals surface area contributed by atoms with E-state index in [9.17, 15) is 0 Å². The Morgan fingerprint density at radius 1 is 1.06 bits per heavy atom.